The molecule has 0 saturated carbocycles. The zero-order valence-corrected chi connectivity index (χ0v) is 21.5. The standard InChI is InChI=1S/C25H34ClN5O4/c1-16(2)20-15-35-22-8-7-18(26)13-19(22)24(33)27-10-5-6-12-30(14-23(32)29-20)25(34)21-9-11-28-31(21)17(3)4/h7-9,11,13,16-17,20H,5-6,10,12,14-15H2,1-4H3,(H,27,33)(H,29,32)/t20-/m1/s1. The summed E-state index contributed by atoms with van der Waals surface area (Å²) in [7, 11) is 0. The van der Waals surface area contributed by atoms with Crippen molar-refractivity contribution >= 4 is 29.3 Å². The summed E-state index contributed by atoms with van der Waals surface area (Å²) in [6, 6.07) is 6.25. The Balaban J connectivity index is 1.83. The number of fused-ring (bicyclic) bond motifs is 1. The number of halogens is 1. The van der Waals surface area contributed by atoms with Crippen molar-refractivity contribution in [1.29, 1.82) is 0 Å². The molecule has 1 aliphatic rings. The largest absolute Gasteiger partial charge is 0.491 e. The smallest absolute Gasteiger partial charge is 0.272 e. The van der Waals surface area contributed by atoms with Crippen LogP contribution in [0.2, 0.25) is 5.02 Å². The van der Waals surface area contributed by atoms with Gasteiger partial charge in [0.25, 0.3) is 11.8 Å². The van der Waals surface area contributed by atoms with Gasteiger partial charge in [-0.15, -0.1) is 0 Å². The first-order valence-corrected chi connectivity index (χ1v) is 12.4. The average Bonchev–Trinajstić information content (AvgIpc) is 3.30. The Morgan fingerprint density at radius 3 is 2.66 bits per heavy atom. The van der Waals surface area contributed by atoms with E-state index in [0.29, 0.717) is 48.0 Å². The molecule has 0 fully saturated rings. The predicted octanol–water partition coefficient (Wildman–Crippen LogP) is 3.30. The summed E-state index contributed by atoms with van der Waals surface area (Å²) in [5.74, 6) is -0.335. The number of benzene rings is 1. The van der Waals surface area contributed by atoms with Crippen LogP contribution in [0.3, 0.4) is 0 Å². The van der Waals surface area contributed by atoms with Crippen LogP contribution >= 0.6 is 11.6 Å². The maximum atomic E-state index is 13.4. The Labute approximate surface area is 211 Å². The minimum absolute atomic E-state index is 0.00838. The first-order chi connectivity index (χ1) is 16.7. The molecule has 2 N–H and O–H groups in total. The van der Waals surface area contributed by atoms with Gasteiger partial charge in [0.1, 0.15) is 18.1 Å². The van der Waals surface area contributed by atoms with Gasteiger partial charge in [-0.2, -0.15) is 5.10 Å². The Morgan fingerprint density at radius 1 is 1.17 bits per heavy atom. The third-order valence-corrected chi connectivity index (χ3v) is 6.13. The summed E-state index contributed by atoms with van der Waals surface area (Å²) in [4.78, 5) is 40.7. The molecule has 2 heterocycles. The number of amides is 3. The van der Waals surface area contributed by atoms with E-state index in [4.69, 9.17) is 16.3 Å². The summed E-state index contributed by atoms with van der Waals surface area (Å²) < 4.78 is 7.62. The molecule has 190 valence electrons. The SMILES string of the molecule is CC(C)[C@H]1COc2ccc(Cl)cc2C(=O)NCCCCN(C(=O)c2ccnn2C(C)C)CC(=O)N1. The summed E-state index contributed by atoms with van der Waals surface area (Å²) in [5.41, 5.74) is 0.787. The Kier molecular flexibility index (Phi) is 9.14. The van der Waals surface area contributed by atoms with E-state index in [9.17, 15) is 14.4 Å². The zero-order chi connectivity index (χ0) is 25.5. The van der Waals surface area contributed by atoms with Crippen molar-refractivity contribution in [1.82, 2.24) is 25.3 Å². The fraction of sp³-hybridized carbons (Fsp3) is 0.520. The van der Waals surface area contributed by atoms with E-state index in [2.05, 4.69) is 15.7 Å². The molecule has 3 rings (SSSR count). The quantitative estimate of drug-likeness (QED) is 0.668. The summed E-state index contributed by atoms with van der Waals surface area (Å²) in [6.45, 7) is 8.72. The number of aromatic nitrogens is 2. The number of nitrogens with zero attached hydrogens (tertiary/aromatic N) is 3. The molecule has 0 unspecified atom stereocenters. The lowest BCUT2D eigenvalue weighted by atomic mass is 10.1. The van der Waals surface area contributed by atoms with Crippen LogP contribution in [0.5, 0.6) is 5.75 Å². The first kappa shape index (κ1) is 26.5. The molecule has 1 aromatic carbocycles. The van der Waals surface area contributed by atoms with Crippen LogP contribution in [-0.4, -0.2) is 64.7 Å². The molecule has 0 bridgehead atoms. The molecule has 0 spiro atoms. The van der Waals surface area contributed by atoms with Crippen molar-refractivity contribution in [2.75, 3.05) is 26.2 Å². The second kappa shape index (κ2) is 12.1. The van der Waals surface area contributed by atoms with Gasteiger partial charge in [-0.1, -0.05) is 25.4 Å². The van der Waals surface area contributed by atoms with Gasteiger partial charge in [-0.25, -0.2) is 0 Å². The highest BCUT2D eigenvalue weighted by Crippen LogP contribution is 2.24. The zero-order valence-electron chi connectivity index (χ0n) is 20.7. The lowest BCUT2D eigenvalue weighted by molar-refractivity contribution is -0.123. The molecular weight excluding hydrogens is 470 g/mol. The van der Waals surface area contributed by atoms with Gasteiger partial charge in [-0.3, -0.25) is 19.1 Å². The molecule has 1 aromatic heterocycles. The van der Waals surface area contributed by atoms with Crippen molar-refractivity contribution in [3.05, 3.63) is 46.7 Å². The number of carbonyl (C=O) groups excluding carboxylic acids is 3. The summed E-state index contributed by atoms with van der Waals surface area (Å²) in [5, 5.41) is 10.6. The van der Waals surface area contributed by atoms with E-state index in [1.54, 1.807) is 40.0 Å². The van der Waals surface area contributed by atoms with Gasteiger partial charge in [0.05, 0.1) is 18.2 Å². The molecule has 9 nitrogen and oxygen atoms in total. The van der Waals surface area contributed by atoms with Crippen molar-refractivity contribution in [3.63, 3.8) is 0 Å². The highest BCUT2D eigenvalue weighted by atomic mass is 35.5. The van der Waals surface area contributed by atoms with Crippen molar-refractivity contribution in [2.45, 2.75) is 52.6 Å². The van der Waals surface area contributed by atoms with E-state index in [1.807, 2.05) is 27.7 Å². The van der Waals surface area contributed by atoms with Crippen LogP contribution < -0.4 is 15.4 Å². The molecule has 10 heteroatoms. The van der Waals surface area contributed by atoms with Crippen LogP contribution in [0.1, 0.15) is 67.4 Å². The van der Waals surface area contributed by atoms with E-state index in [0.717, 1.165) is 0 Å². The number of hydrogen-bond donors (Lipinski definition) is 2. The molecular formula is C25H34ClN5O4. The monoisotopic (exact) mass is 503 g/mol. The van der Waals surface area contributed by atoms with Gasteiger partial charge < -0.3 is 20.3 Å². The first-order valence-electron chi connectivity index (χ1n) is 12.0. The van der Waals surface area contributed by atoms with Crippen molar-refractivity contribution in [3.8, 4) is 5.75 Å². The van der Waals surface area contributed by atoms with E-state index < -0.39 is 0 Å². The Morgan fingerprint density at radius 2 is 1.94 bits per heavy atom. The van der Waals surface area contributed by atoms with Gasteiger partial charge >= 0.3 is 0 Å². The number of nitrogens with one attached hydrogen (secondary N) is 2. The second-order valence-electron chi connectivity index (χ2n) is 9.31. The third-order valence-electron chi connectivity index (χ3n) is 5.90. The van der Waals surface area contributed by atoms with Gasteiger partial charge in [0.2, 0.25) is 5.91 Å². The summed E-state index contributed by atoms with van der Waals surface area (Å²) >= 11 is 6.12. The molecule has 2 aromatic rings. The van der Waals surface area contributed by atoms with Gasteiger partial charge in [0, 0.05) is 30.4 Å². The van der Waals surface area contributed by atoms with Crippen LogP contribution in [0, 0.1) is 5.92 Å². The molecule has 1 atom stereocenters. The molecule has 1 aliphatic heterocycles. The van der Waals surface area contributed by atoms with Crippen molar-refractivity contribution in [2.24, 2.45) is 5.92 Å². The Hall–Kier alpha value is -3.07. The van der Waals surface area contributed by atoms with Crippen LogP contribution in [-0.2, 0) is 4.79 Å². The van der Waals surface area contributed by atoms with Gasteiger partial charge in [-0.05, 0) is 56.9 Å². The average molecular weight is 504 g/mol. The number of ether oxygens (including phenoxy) is 1. The van der Waals surface area contributed by atoms with Crippen LogP contribution in [0.25, 0.3) is 0 Å². The highest BCUT2D eigenvalue weighted by molar-refractivity contribution is 6.31. The van der Waals surface area contributed by atoms with Crippen LogP contribution in [0.4, 0.5) is 0 Å². The van der Waals surface area contributed by atoms with E-state index in [-0.39, 0.29) is 48.9 Å². The third kappa shape index (κ3) is 6.97. The number of rotatable bonds is 3. The minimum Gasteiger partial charge on any atom is -0.491 e. The second-order valence-corrected chi connectivity index (χ2v) is 9.75. The minimum atomic E-state index is -0.322. The fourth-order valence-electron chi connectivity index (χ4n) is 3.85. The molecule has 35 heavy (non-hydrogen) atoms. The lowest BCUT2D eigenvalue weighted by Crippen LogP contribution is -2.48. The normalized spacial score (nSPS) is 18.3. The van der Waals surface area contributed by atoms with E-state index >= 15 is 0 Å². The van der Waals surface area contributed by atoms with Gasteiger partial charge in [0.15, 0.2) is 0 Å². The lowest BCUT2D eigenvalue weighted by Gasteiger charge is -2.26. The molecule has 3 amide bonds. The topological polar surface area (TPSA) is 106 Å². The van der Waals surface area contributed by atoms with E-state index in [1.165, 1.54) is 0 Å². The van der Waals surface area contributed by atoms with Crippen molar-refractivity contribution < 1.29 is 19.1 Å². The molecule has 0 saturated heterocycles. The van der Waals surface area contributed by atoms with Crippen LogP contribution in [0.15, 0.2) is 30.5 Å². The summed E-state index contributed by atoms with van der Waals surface area (Å²) in [6.07, 6.45) is 2.83. The predicted molar refractivity (Wildman–Crippen MR) is 134 cm³/mol. The number of carbonyl (C=O) groups is 3. The maximum absolute atomic E-state index is 13.4. The number of hydrogen-bond acceptors (Lipinski definition) is 5. The highest BCUT2D eigenvalue weighted by Gasteiger charge is 2.25. The molecule has 0 aliphatic carbocycles. The fourth-order valence-corrected chi connectivity index (χ4v) is 4.02. The Bertz CT molecular complexity index is 1050. The maximum Gasteiger partial charge on any atom is 0.272 e. The molecule has 0 radical (unpaired) electrons.